The van der Waals surface area contributed by atoms with Crippen LogP contribution in [0.3, 0.4) is 0 Å². The van der Waals surface area contributed by atoms with Gasteiger partial charge in [-0.3, -0.25) is 9.79 Å². The molecule has 1 aliphatic rings. The summed E-state index contributed by atoms with van der Waals surface area (Å²) in [5.74, 6) is -2.81. The number of carbonyl (C=O) groups is 1. The number of amides is 1. The Morgan fingerprint density at radius 1 is 1.23 bits per heavy atom. The molecule has 0 radical (unpaired) electrons. The summed E-state index contributed by atoms with van der Waals surface area (Å²) in [6, 6.07) is 11.5. The van der Waals surface area contributed by atoms with Gasteiger partial charge in [0.2, 0.25) is 5.13 Å². The summed E-state index contributed by atoms with van der Waals surface area (Å²) < 4.78 is 41.8. The van der Waals surface area contributed by atoms with E-state index in [1.54, 1.807) is 37.3 Å². The smallest absolute Gasteiger partial charge is 0.432 e. The molecule has 4 rings (SSSR count). The summed E-state index contributed by atoms with van der Waals surface area (Å²) in [4.78, 5) is 21.3. The lowest BCUT2D eigenvalue weighted by Gasteiger charge is -2.14. The fourth-order valence-electron chi connectivity index (χ4n) is 3.12. The molecule has 0 saturated carbocycles. The van der Waals surface area contributed by atoms with E-state index >= 15 is 0 Å². The monoisotopic (exact) mass is 432 g/mol. The van der Waals surface area contributed by atoms with Crippen LogP contribution in [0.2, 0.25) is 0 Å². The van der Waals surface area contributed by atoms with Crippen LogP contribution in [0, 0.1) is 12.8 Å². The maximum atomic E-state index is 13.7. The van der Waals surface area contributed by atoms with Gasteiger partial charge in [0.15, 0.2) is 5.71 Å². The van der Waals surface area contributed by atoms with Crippen LogP contribution in [0.5, 0.6) is 5.75 Å². The highest BCUT2D eigenvalue weighted by atomic mass is 32.1. The van der Waals surface area contributed by atoms with Crippen LogP contribution in [0.1, 0.15) is 12.5 Å². The zero-order valence-electron chi connectivity index (χ0n) is 15.8. The van der Waals surface area contributed by atoms with Crippen molar-refractivity contribution in [3.05, 3.63) is 48.0 Å². The summed E-state index contributed by atoms with van der Waals surface area (Å²) in [6.45, 7) is 3.07. The molecule has 30 heavy (non-hydrogen) atoms. The molecule has 1 amide bonds. The molecule has 0 saturated heterocycles. The van der Waals surface area contributed by atoms with Crippen LogP contribution in [-0.4, -0.2) is 33.6 Å². The minimum absolute atomic E-state index is 0.0525. The molecule has 3 aromatic rings. The molecule has 10 heteroatoms. The van der Waals surface area contributed by atoms with Crippen molar-refractivity contribution in [1.29, 1.82) is 0 Å². The van der Waals surface area contributed by atoms with Crippen LogP contribution < -0.4 is 5.01 Å². The number of phenolic OH excluding ortho intramolecular Hbond substituents is 1. The molecule has 2 aromatic carbocycles. The molecule has 0 spiro atoms. The highest BCUT2D eigenvalue weighted by Gasteiger charge is 2.52. The number of benzene rings is 2. The molecule has 0 fully saturated rings. The summed E-state index contributed by atoms with van der Waals surface area (Å²) in [5.41, 5.74) is 0.0199. The Hall–Kier alpha value is -3.27. The third-order valence-corrected chi connectivity index (χ3v) is 5.55. The van der Waals surface area contributed by atoms with Crippen LogP contribution in [0.4, 0.5) is 24.0 Å². The van der Waals surface area contributed by atoms with Gasteiger partial charge in [0.1, 0.15) is 17.4 Å². The molecule has 2 heterocycles. The number of alkyl halides is 3. The second kappa shape index (κ2) is 7.21. The number of aromatic nitrogens is 1. The number of thiazole rings is 1. The van der Waals surface area contributed by atoms with Crippen LogP contribution in [0.25, 0.3) is 10.2 Å². The molecule has 1 aromatic heterocycles. The first-order valence-electron chi connectivity index (χ1n) is 8.85. The summed E-state index contributed by atoms with van der Waals surface area (Å²) in [7, 11) is 0. The van der Waals surface area contributed by atoms with E-state index in [0.717, 1.165) is 21.6 Å². The fraction of sp³-hybridized carbons (Fsp3) is 0.200. The number of anilines is 1. The topological polar surface area (TPSA) is 78.2 Å². The van der Waals surface area contributed by atoms with Crippen LogP contribution in [-0.2, 0) is 4.79 Å². The third kappa shape index (κ3) is 3.54. The molecule has 0 bridgehead atoms. The lowest BCUT2D eigenvalue weighted by Crippen LogP contribution is -2.37. The Morgan fingerprint density at radius 2 is 1.97 bits per heavy atom. The van der Waals surface area contributed by atoms with Gasteiger partial charge in [-0.05, 0) is 43.7 Å². The van der Waals surface area contributed by atoms with Crippen molar-refractivity contribution < 1.29 is 23.1 Å². The number of hydrogen-bond acceptors (Lipinski definition) is 6. The number of phenols is 1. The number of fused-ring (bicyclic) bond motifs is 1. The summed E-state index contributed by atoms with van der Waals surface area (Å²) in [5, 5.41) is 14.3. The second-order valence-corrected chi connectivity index (χ2v) is 7.78. The Bertz CT molecular complexity index is 1180. The molecule has 6 nitrogen and oxygen atoms in total. The maximum absolute atomic E-state index is 13.7. The molecule has 1 aliphatic heterocycles. The Labute approximate surface area is 173 Å². The van der Waals surface area contributed by atoms with E-state index in [0.29, 0.717) is 10.5 Å². The predicted octanol–water partition coefficient (Wildman–Crippen LogP) is 4.98. The van der Waals surface area contributed by atoms with E-state index < -0.39 is 23.7 Å². The molecular weight excluding hydrogens is 417 g/mol. The number of aryl methyl sites for hydroxylation is 1. The van der Waals surface area contributed by atoms with Gasteiger partial charge in [-0.15, -0.1) is 0 Å². The minimum Gasteiger partial charge on any atom is -0.506 e. The van der Waals surface area contributed by atoms with Crippen molar-refractivity contribution in [1.82, 2.24) is 4.98 Å². The van der Waals surface area contributed by atoms with Crippen molar-refractivity contribution in [2.45, 2.75) is 20.0 Å². The maximum Gasteiger partial charge on any atom is 0.432 e. The lowest BCUT2D eigenvalue weighted by molar-refractivity contribution is -0.119. The van der Waals surface area contributed by atoms with E-state index in [2.05, 4.69) is 15.1 Å². The first kappa shape index (κ1) is 20.0. The standard InChI is InChI=1S/C20H15F3N4O2S/c1-10-7-8-14(28)13(9-10)24-11(2)16-17(20(21,22)23)26-27(18(16)29)19-25-12-5-3-4-6-15(12)30-19/h3-9,16,28H,1-2H3/t16-/m1/s1. The number of rotatable bonds is 3. The second-order valence-electron chi connectivity index (χ2n) is 6.78. The zero-order valence-corrected chi connectivity index (χ0v) is 16.6. The number of aromatic hydroxyl groups is 1. The Morgan fingerprint density at radius 3 is 2.67 bits per heavy atom. The molecule has 1 atom stereocenters. The van der Waals surface area contributed by atoms with Crippen molar-refractivity contribution in [3.8, 4) is 5.75 Å². The Kier molecular flexibility index (Phi) is 4.81. The van der Waals surface area contributed by atoms with Crippen LogP contribution in [0.15, 0.2) is 52.6 Å². The van der Waals surface area contributed by atoms with Gasteiger partial charge in [-0.1, -0.05) is 29.5 Å². The number of para-hydroxylation sites is 1. The van der Waals surface area contributed by atoms with Crippen LogP contribution >= 0.6 is 11.3 Å². The van der Waals surface area contributed by atoms with E-state index in [1.807, 2.05) is 0 Å². The van der Waals surface area contributed by atoms with E-state index in [4.69, 9.17) is 0 Å². The average molecular weight is 432 g/mol. The quantitative estimate of drug-likeness (QED) is 0.593. The molecule has 1 N–H and O–H groups in total. The van der Waals surface area contributed by atoms with E-state index in [9.17, 15) is 23.1 Å². The van der Waals surface area contributed by atoms with Gasteiger partial charge in [0.25, 0.3) is 5.91 Å². The number of halogens is 3. The molecule has 0 unspecified atom stereocenters. The predicted molar refractivity (Wildman–Crippen MR) is 110 cm³/mol. The highest BCUT2D eigenvalue weighted by Crippen LogP contribution is 2.37. The SMILES string of the molecule is CC(=Nc1cc(C)ccc1O)[C@H]1C(=O)N(c2nc3ccccc3s2)N=C1C(F)(F)F. The number of hydrazone groups is 1. The molecule has 0 aliphatic carbocycles. The number of carbonyl (C=O) groups excluding carboxylic acids is 1. The lowest BCUT2D eigenvalue weighted by atomic mass is 9.97. The zero-order chi connectivity index (χ0) is 21.6. The summed E-state index contributed by atoms with van der Waals surface area (Å²) >= 11 is 1.07. The number of aliphatic imine (C=N–C) groups is 1. The molecule has 154 valence electrons. The van der Waals surface area contributed by atoms with Gasteiger partial charge < -0.3 is 5.11 Å². The van der Waals surface area contributed by atoms with Gasteiger partial charge in [0, 0.05) is 5.71 Å². The average Bonchev–Trinajstić information content (AvgIpc) is 3.25. The van der Waals surface area contributed by atoms with Crippen molar-refractivity contribution in [2.24, 2.45) is 16.0 Å². The van der Waals surface area contributed by atoms with Gasteiger partial charge >= 0.3 is 6.18 Å². The van der Waals surface area contributed by atoms with Gasteiger partial charge in [0.05, 0.1) is 10.2 Å². The largest absolute Gasteiger partial charge is 0.506 e. The van der Waals surface area contributed by atoms with E-state index in [-0.39, 0.29) is 22.3 Å². The van der Waals surface area contributed by atoms with E-state index in [1.165, 1.54) is 19.1 Å². The first-order valence-corrected chi connectivity index (χ1v) is 9.67. The number of nitrogens with zero attached hydrogens (tertiary/aromatic N) is 4. The van der Waals surface area contributed by atoms with Crippen molar-refractivity contribution in [2.75, 3.05) is 5.01 Å². The third-order valence-electron chi connectivity index (χ3n) is 4.54. The summed E-state index contributed by atoms with van der Waals surface area (Å²) in [6.07, 6.45) is -4.84. The normalized spacial score (nSPS) is 17.7. The molecular formula is C20H15F3N4O2S. The van der Waals surface area contributed by atoms with Crippen molar-refractivity contribution in [3.63, 3.8) is 0 Å². The number of hydrogen-bond donors (Lipinski definition) is 1. The van der Waals surface area contributed by atoms with Gasteiger partial charge in [-0.25, -0.2) is 4.98 Å². The fourth-order valence-corrected chi connectivity index (χ4v) is 4.04. The first-order chi connectivity index (χ1) is 14.1. The van der Waals surface area contributed by atoms with Gasteiger partial charge in [-0.2, -0.15) is 23.3 Å². The minimum atomic E-state index is -4.84. The van der Waals surface area contributed by atoms with Crippen molar-refractivity contribution >= 4 is 49.7 Å². The Balaban J connectivity index is 1.77. The highest BCUT2D eigenvalue weighted by molar-refractivity contribution is 7.22.